The second kappa shape index (κ2) is 9.27. The quantitative estimate of drug-likeness (QED) is 0.289. The predicted molar refractivity (Wildman–Crippen MR) is 127 cm³/mol. The van der Waals surface area contributed by atoms with E-state index in [9.17, 15) is 4.39 Å². The van der Waals surface area contributed by atoms with Crippen LogP contribution in [0.1, 0.15) is 44.1 Å². The summed E-state index contributed by atoms with van der Waals surface area (Å²) >= 11 is 1.74. The van der Waals surface area contributed by atoms with Gasteiger partial charge in [0.2, 0.25) is 0 Å². The highest BCUT2D eigenvalue weighted by molar-refractivity contribution is 7.17. The Hall–Kier alpha value is -2.59. The van der Waals surface area contributed by atoms with E-state index in [4.69, 9.17) is 4.74 Å². The highest BCUT2D eigenvalue weighted by Crippen LogP contribution is 2.33. The number of benzene rings is 2. The first-order valence-corrected chi connectivity index (χ1v) is 12.2. The van der Waals surface area contributed by atoms with Gasteiger partial charge >= 0.3 is 0 Å². The highest BCUT2D eigenvalue weighted by atomic mass is 32.1. The van der Waals surface area contributed by atoms with Crippen molar-refractivity contribution in [1.29, 1.82) is 0 Å². The van der Waals surface area contributed by atoms with E-state index in [1.54, 1.807) is 11.3 Å². The molecule has 0 amide bonds. The van der Waals surface area contributed by atoms with Gasteiger partial charge in [-0.15, -0.1) is 11.3 Å². The third-order valence-corrected chi connectivity index (χ3v) is 7.30. The van der Waals surface area contributed by atoms with Crippen molar-refractivity contribution in [2.45, 2.75) is 45.1 Å². The molecule has 0 bridgehead atoms. The molecule has 0 saturated heterocycles. The maximum atomic E-state index is 13.4. The molecule has 1 aliphatic carbocycles. The highest BCUT2D eigenvalue weighted by Gasteiger charge is 2.14. The first kappa shape index (κ1) is 20.3. The van der Waals surface area contributed by atoms with E-state index in [2.05, 4.69) is 46.3 Å². The van der Waals surface area contributed by atoms with Crippen molar-refractivity contribution >= 4 is 21.6 Å². The molecule has 4 heteroatoms. The molecule has 0 N–H and O–H groups in total. The van der Waals surface area contributed by atoms with Crippen molar-refractivity contribution in [3.63, 3.8) is 0 Å². The van der Waals surface area contributed by atoms with Gasteiger partial charge in [0.05, 0.1) is 22.5 Å². The van der Waals surface area contributed by atoms with Crippen LogP contribution in [0.3, 0.4) is 0 Å². The second-order valence-electron chi connectivity index (χ2n) is 8.58. The number of fused-ring (bicyclic) bond motifs is 1. The predicted octanol–water partition coefficient (Wildman–Crippen LogP) is 7.91. The lowest BCUT2D eigenvalue weighted by atomic mass is 9.87. The summed E-state index contributed by atoms with van der Waals surface area (Å²) in [7, 11) is 0. The molecule has 2 nitrogen and oxygen atoms in total. The van der Waals surface area contributed by atoms with E-state index in [1.165, 1.54) is 66.4 Å². The topological polar surface area (TPSA) is 14.2 Å². The number of hydrogen-bond donors (Lipinski definition) is 0. The molecule has 2 aromatic carbocycles. The van der Waals surface area contributed by atoms with Crippen molar-refractivity contribution in [1.82, 2.24) is 4.57 Å². The number of halogens is 1. The van der Waals surface area contributed by atoms with Gasteiger partial charge in [-0.05, 0) is 77.4 Å². The molecule has 0 radical (unpaired) electrons. The summed E-state index contributed by atoms with van der Waals surface area (Å²) in [6.45, 7) is 1.58. The van der Waals surface area contributed by atoms with Crippen molar-refractivity contribution in [3.8, 4) is 17.0 Å². The number of rotatable bonds is 7. The summed E-state index contributed by atoms with van der Waals surface area (Å²) in [4.78, 5) is 0. The van der Waals surface area contributed by atoms with Crippen LogP contribution in [-0.2, 0) is 6.54 Å². The van der Waals surface area contributed by atoms with Crippen LogP contribution in [0, 0.1) is 11.7 Å². The zero-order valence-electron chi connectivity index (χ0n) is 17.7. The van der Waals surface area contributed by atoms with E-state index in [0.717, 1.165) is 36.1 Å². The molecule has 0 spiro atoms. The summed E-state index contributed by atoms with van der Waals surface area (Å²) in [5, 5.41) is 2.12. The first-order chi connectivity index (χ1) is 15.3. The van der Waals surface area contributed by atoms with Gasteiger partial charge in [0, 0.05) is 6.54 Å². The number of ether oxygens (including phenoxy) is 1. The van der Waals surface area contributed by atoms with E-state index in [0.29, 0.717) is 0 Å². The summed E-state index contributed by atoms with van der Waals surface area (Å²) < 4.78 is 23.0. The molecule has 1 fully saturated rings. The van der Waals surface area contributed by atoms with Crippen molar-refractivity contribution < 1.29 is 9.13 Å². The van der Waals surface area contributed by atoms with E-state index in [1.807, 2.05) is 12.1 Å². The van der Waals surface area contributed by atoms with Crippen molar-refractivity contribution in [2.24, 2.45) is 5.92 Å². The van der Waals surface area contributed by atoms with Crippen LogP contribution in [0.25, 0.3) is 21.5 Å². The van der Waals surface area contributed by atoms with Gasteiger partial charge in [0.15, 0.2) is 0 Å². The fourth-order valence-corrected chi connectivity index (χ4v) is 5.52. The van der Waals surface area contributed by atoms with Crippen LogP contribution in [0.4, 0.5) is 4.39 Å². The zero-order chi connectivity index (χ0) is 21.0. The summed E-state index contributed by atoms with van der Waals surface area (Å²) in [6.07, 6.45) is 8.08. The Kier molecular flexibility index (Phi) is 6.08. The van der Waals surface area contributed by atoms with Crippen LogP contribution in [0.2, 0.25) is 0 Å². The lowest BCUT2D eigenvalue weighted by Gasteiger charge is -2.21. The molecule has 5 rings (SSSR count). The molecule has 4 aromatic rings. The number of nitrogens with zero attached hydrogens (tertiary/aromatic N) is 1. The number of thiophene rings is 1. The molecule has 2 heterocycles. The molecule has 31 heavy (non-hydrogen) atoms. The molecule has 1 aliphatic rings. The Morgan fingerprint density at radius 3 is 2.48 bits per heavy atom. The summed E-state index contributed by atoms with van der Waals surface area (Å²) in [5.74, 6) is 1.59. The van der Waals surface area contributed by atoms with Crippen molar-refractivity contribution in [2.75, 3.05) is 6.61 Å². The van der Waals surface area contributed by atoms with Crippen molar-refractivity contribution in [3.05, 3.63) is 77.4 Å². The molecular formula is C27H28FNOS. The van der Waals surface area contributed by atoms with Gasteiger partial charge in [-0.3, -0.25) is 0 Å². The smallest absolute Gasteiger partial charge is 0.123 e. The largest absolute Gasteiger partial charge is 0.494 e. The van der Waals surface area contributed by atoms with Crippen LogP contribution in [0.15, 0.2) is 66.0 Å². The standard InChI is InChI=1S/C27H28FNOS/c28-23-10-8-22(9-11-23)26-18-27-25(15-17-31-27)29(26)19-21-6-12-24(13-7-21)30-16-14-20-4-2-1-3-5-20/h6-13,15,17-18,20H,1-5,14,16,19H2. The number of hydrogen-bond acceptors (Lipinski definition) is 2. The molecule has 0 atom stereocenters. The SMILES string of the molecule is Fc1ccc(-c2cc3sccc3n2Cc2ccc(OCCC3CCCCC3)cc2)cc1. The van der Waals surface area contributed by atoms with Crippen LogP contribution in [-0.4, -0.2) is 11.2 Å². The summed E-state index contributed by atoms with van der Waals surface area (Å²) in [6, 6.07) is 19.6. The minimum Gasteiger partial charge on any atom is -0.494 e. The van der Waals surface area contributed by atoms with Gasteiger partial charge in [0.25, 0.3) is 0 Å². The first-order valence-electron chi connectivity index (χ1n) is 11.3. The Balaban J connectivity index is 1.29. The van der Waals surface area contributed by atoms with E-state index >= 15 is 0 Å². The van der Waals surface area contributed by atoms with Crippen LogP contribution in [0.5, 0.6) is 5.75 Å². The van der Waals surface area contributed by atoms with E-state index < -0.39 is 0 Å². The maximum Gasteiger partial charge on any atom is 0.123 e. The van der Waals surface area contributed by atoms with Gasteiger partial charge < -0.3 is 9.30 Å². The lowest BCUT2D eigenvalue weighted by molar-refractivity contribution is 0.246. The minimum absolute atomic E-state index is 0.206. The van der Waals surface area contributed by atoms with Gasteiger partial charge in [0.1, 0.15) is 11.6 Å². The minimum atomic E-state index is -0.206. The second-order valence-corrected chi connectivity index (χ2v) is 9.53. The Morgan fingerprint density at radius 2 is 1.71 bits per heavy atom. The maximum absolute atomic E-state index is 13.4. The Labute approximate surface area is 187 Å². The molecule has 1 saturated carbocycles. The fraction of sp³-hybridized carbons (Fsp3) is 0.333. The van der Waals surface area contributed by atoms with Gasteiger partial charge in [-0.1, -0.05) is 44.2 Å². The normalized spacial score (nSPS) is 14.9. The fourth-order valence-electron chi connectivity index (χ4n) is 4.70. The van der Waals surface area contributed by atoms with Crippen LogP contribution >= 0.6 is 11.3 Å². The third kappa shape index (κ3) is 4.69. The van der Waals surface area contributed by atoms with Crippen LogP contribution < -0.4 is 4.74 Å². The molecule has 0 unspecified atom stereocenters. The third-order valence-electron chi connectivity index (χ3n) is 6.45. The molecule has 160 valence electrons. The average molecular weight is 434 g/mol. The Morgan fingerprint density at radius 1 is 0.935 bits per heavy atom. The molecule has 2 aromatic heterocycles. The molecular weight excluding hydrogens is 405 g/mol. The number of aromatic nitrogens is 1. The van der Waals surface area contributed by atoms with E-state index in [-0.39, 0.29) is 5.82 Å². The molecule has 0 aliphatic heterocycles. The van der Waals surface area contributed by atoms with Gasteiger partial charge in [-0.2, -0.15) is 0 Å². The Bertz CT molecular complexity index is 1120. The summed E-state index contributed by atoms with van der Waals surface area (Å²) in [5.41, 5.74) is 4.60. The van der Waals surface area contributed by atoms with Gasteiger partial charge in [-0.25, -0.2) is 4.39 Å². The monoisotopic (exact) mass is 433 g/mol. The zero-order valence-corrected chi connectivity index (χ0v) is 18.5. The average Bonchev–Trinajstić information content (AvgIpc) is 3.39. The lowest BCUT2D eigenvalue weighted by Crippen LogP contribution is -2.10.